The van der Waals surface area contributed by atoms with Crippen molar-refractivity contribution in [1.82, 2.24) is 9.88 Å². The van der Waals surface area contributed by atoms with Gasteiger partial charge in [0, 0.05) is 49.9 Å². The second-order valence-corrected chi connectivity index (χ2v) is 6.55. The van der Waals surface area contributed by atoms with Crippen LogP contribution < -0.4 is 9.64 Å². The van der Waals surface area contributed by atoms with Crippen molar-refractivity contribution in [3.63, 3.8) is 0 Å². The minimum Gasteiger partial charge on any atom is -0.492 e. The van der Waals surface area contributed by atoms with Crippen LogP contribution in [0.1, 0.15) is 16.1 Å². The Hall–Kier alpha value is -1.59. The molecule has 0 aliphatic carbocycles. The molecule has 0 radical (unpaired) electrons. The second-order valence-electron chi connectivity index (χ2n) is 5.61. The lowest BCUT2D eigenvalue weighted by molar-refractivity contribution is 0.220. The summed E-state index contributed by atoms with van der Waals surface area (Å²) in [5.74, 6) is 1.02. The van der Waals surface area contributed by atoms with E-state index in [1.165, 1.54) is 16.1 Å². The molecule has 1 aliphatic heterocycles. The average Bonchev–Trinajstić information content (AvgIpc) is 2.74. The SMILES string of the molecule is Cc1ncsc1CN1CCOc2ccc(N(C)C)cc2C1. The highest BCUT2D eigenvalue weighted by Crippen LogP contribution is 2.28. The Bertz CT molecular complexity index is 624. The summed E-state index contributed by atoms with van der Waals surface area (Å²) in [6.45, 7) is 5.65. The molecule has 21 heavy (non-hydrogen) atoms. The van der Waals surface area contributed by atoms with Crippen molar-refractivity contribution in [3.05, 3.63) is 39.8 Å². The van der Waals surface area contributed by atoms with Gasteiger partial charge in [0.2, 0.25) is 0 Å². The molecule has 0 bridgehead atoms. The molecule has 0 spiro atoms. The Morgan fingerprint density at radius 2 is 2.24 bits per heavy atom. The molecule has 2 aromatic rings. The zero-order valence-corrected chi connectivity index (χ0v) is 13.6. The number of thiazole rings is 1. The number of benzene rings is 1. The first-order valence-corrected chi connectivity index (χ1v) is 8.06. The van der Waals surface area contributed by atoms with Crippen molar-refractivity contribution in [3.8, 4) is 5.75 Å². The van der Waals surface area contributed by atoms with Crippen LogP contribution in [0.5, 0.6) is 5.75 Å². The standard InChI is InChI=1S/C16H21N3OS/c1-12-16(21-11-17-12)10-19-6-7-20-15-5-4-14(18(2)3)8-13(15)9-19/h4-5,8,11H,6-7,9-10H2,1-3H3. The molecule has 0 atom stereocenters. The van der Waals surface area contributed by atoms with Crippen molar-refractivity contribution in [2.45, 2.75) is 20.0 Å². The Labute approximate surface area is 130 Å². The molecule has 1 aliphatic rings. The van der Waals surface area contributed by atoms with E-state index in [4.69, 9.17) is 4.74 Å². The number of rotatable bonds is 3. The number of aryl methyl sites for hydroxylation is 1. The lowest BCUT2D eigenvalue weighted by Gasteiger charge is -2.19. The number of aromatic nitrogens is 1. The van der Waals surface area contributed by atoms with E-state index in [2.05, 4.69) is 54.0 Å². The Balaban J connectivity index is 1.81. The molecule has 0 N–H and O–H groups in total. The van der Waals surface area contributed by atoms with E-state index in [0.717, 1.165) is 37.7 Å². The fraction of sp³-hybridized carbons (Fsp3) is 0.438. The summed E-state index contributed by atoms with van der Waals surface area (Å²) in [6, 6.07) is 6.43. The van der Waals surface area contributed by atoms with E-state index >= 15 is 0 Å². The van der Waals surface area contributed by atoms with E-state index in [1.54, 1.807) is 11.3 Å². The average molecular weight is 303 g/mol. The van der Waals surface area contributed by atoms with Crippen molar-refractivity contribution in [1.29, 1.82) is 0 Å². The predicted molar refractivity (Wildman–Crippen MR) is 87.2 cm³/mol. The van der Waals surface area contributed by atoms with Gasteiger partial charge in [0.15, 0.2) is 0 Å². The number of nitrogens with zero attached hydrogens (tertiary/aromatic N) is 3. The highest BCUT2D eigenvalue weighted by atomic mass is 32.1. The van der Waals surface area contributed by atoms with Gasteiger partial charge >= 0.3 is 0 Å². The molecule has 0 saturated heterocycles. The van der Waals surface area contributed by atoms with Crippen molar-refractivity contribution in [2.24, 2.45) is 0 Å². The Morgan fingerprint density at radius 1 is 1.38 bits per heavy atom. The summed E-state index contributed by atoms with van der Waals surface area (Å²) < 4.78 is 5.89. The predicted octanol–water partition coefficient (Wildman–Crippen LogP) is 2.91. The molecule has 112 valence electrons. The third kappa shape index (κ3) is 3.19. The van der Waals surface area contributed by atoms with Crippen LogP contribution >= 0.6 is 11.3 Å². The number of ether oxygens (including phenoxy) is 1. The van der Waals surface area contributed by atoms with Crippen molar-refractivity contribution < 1.29 is 4.74 Å². The van der Waals surface area contributed by atoms with Gasteiger partial charge < -0.3 is 9.64 Å². The summed E-state index contributed by atoms with van der Waals surface area (Å²) in [7, 11) is 4.13. The van der Waals surface area contributed by atoms with E-state index < -0.39 is 0 Å². The minimum atomic E-state index is 0.742. The maximum Gasteiger partial charge on any atom is 0.124 e. The topological polar surface area (TPSA) is 28.6 Å². The monoisotopic (exact) mass is 303 g/mol. The van der Waals surface area contributed by atoms with Crippen LogP contribution in [0, 0.1) is 6.92 Å². The summed E-state index contributed by atoms with van der Waals surface area (Å²) in [5.41, 5.74) is 5.55. The molecule has 0 amide bonds. The zero-order valence-electron chi connectivity index (χ0n) is 12.8. The van der Waals surface area contributed by atoms with Gasteiger partial charge in [-0.2, -0.15) is 0 Å². The quantitative estimate of drug-likeness (QED) is 0.872. The van der Waals surface area contributed by atoms with Crippen LogP contribution in [-0.4, -0.2) is 37.1 Å². The lowest BCUT2D eigenvalue weighted by Crippen LogP contribution is -2.25. The summed E-state index contributed by atoms with van der Waals surface area (Å²) >= 11 is 1.74. The van der Waals surface area contributed by atoms with Gasteiger partial charge in [-0.1, -0.05) is 0 Å². The molecule has 4 nitrogen and oxygen atoms in total. The molecular formula is C16H21N3OS. The van der Waals surface area contributed by atoms with Crippen LogP contribution in [0.15, 0.2) is 23.7 Å². The van der Waals surface area contributed by atoms with Crippen LogP contribution in [0.2, 0.25) is 0 Å². The van der Waals surface area contributed by atoms with Crippen LogP contribution in [0.25, 0.3) is 0 Å². The molecule has 0 unspecified atom stereocenters. The minimum absolute atomic E-state index is 0.742. The first kappa shape index (κ1) is 14.4. The van der Waals surface area contributed by atoms with E-state index in [-0.39, 0.29) is 0 Å². The molecule has 1 aromatic carbocycles. The van der Waals surface area contributed by atoms with Crippen LogP contribution in [-0.2, 0) is 13.1 Å². The number of hydrogen-bond acceptors (Lipinski definition) is 5. The first-order chi connectivity index (χ1) is 10.1. The smallest absolute Gasteiger partial charge is 0.124 e. The fourth-order valence-corrected chi connectivity index (χ4v) is 3.35. The van der Waals surface area contributed by atoms with E-state index in [9.17, 15) is 0 Å². The lowest BCUT2D eigenvalue weighted by atomic mass is 10.1. The third-order valence-corrected chi connectivity index (χ3v) is 4.75. The summed E-state index contributed by atoms with van der Waals surface area (Å²) in [5, 5.41) is 0. The van der Waals surface area contributed by atoms with E-state index in [0.29, 0.717) is 0 Å². The van der Waals surface area contributed by atoms with Crippen molar-refractivity contribution in [2.75, 3.05) is 32.1 Å². The van der Waals surface area contributed by atoms with Gasteiger partial charge in [-0.15, -0.1) is 11.3 Å². The molecule has 3 rings (SSSR count). The van der Waals surface area contributed by atoms with Crippen LogP contribution in [0.4, 0.5) is 5.69 Å². The summed E-state index contributed by atoms with van der Waals surface area (Å²) in [4.78, 5) is 10.3. The first-order valence-electron chi connectivity index (χ1n) is 7.18. The molecule has 0 fully saturated rings. The largest absolute Gasteiger partial charge is 0.492 e. The third-order valence-electron chi connectivity index (χ3n) is 3.83. The van der Waals surface area contributed by atoms with Gasteiger partial charge in [0.1, 0.15) is 12.4 Å². The van der Waals surface area contributed by atoms with Gasteiger partial charge in [-0.25, -0.2) is 4.98 Å². The molecule has 2 heterocycles. The number of hydrogen-bond donors (Lipinski definition) is 0. The Kier molecular flexibility index (Phi) is 4.12. The maximum atomic E-state index is 5.89. The van der Waals surface area contributed by atoms with Gasteiger partial charge in [0.25, 0.3) is 0 Å². The summed E-state index contributed by atoms with van der Waals surface area (Å²) in [6.07, 6.45) is 0. The Morgan fingerprint density at radius 3 is 2.95 bits per heavy atom. The van der Waals surface area contributed by atoms with Gasteiger partial charge in [0.05, 0.1) is 11.2 Å². The van der Waals surface area contributed by atoms with Crippen molar-refractivity contribution >= 4 is 17.0 Å². The second kappa shape index (κ2) is 6.03. The number of fused-ring (bicyclic) bond motifs is 1. The highest BCUT2D eigenvalue weighted by Gasteiger charge is 2.17. The normalized spacial score (nSPS) is 15.2. The number of anilines is 1. The van der Waals surface area contributed by atoms with E-state index in [1.807, 2.05) is 5.51 Å². The molecule has 1 aromatic heterocycles. The zero-order chi connectivity index (χ0) is 14.8. The molecule has 5 heteroatoms. The molecule has 0 saturated carbocycles. The fourth-order valence-electron chi connectivity index (χ4n) is 2.53. The van der Waals surface area contributed by atoms with Gasteiger partial charge in [-0.05, 0) is 25.1 Å². The maximum absolute atomic E-state index is 5.89. The highest BCUT2D eigenvalue weighted by molar-refractivity contribution is 7.09. The van der Waals surface area contributed by atoms with Gasteiger partial charge in [-0.3, -0.25) is 4.90 Å². The van der Waals surface area contributed by atoms with Crippen LogP contribution in [0.3, 0.4) is 0 Å². The molecular weight excluding hydrogens is 282 g/mol.